The van der Waals surface area contributed by atoms with Gasteiger partial charge in [0.05, 0.1) is 12.2 Å². The second-order valence-corrected chi connectivity index (χ2v) is 6.00. The Labute approximate surface area is 123 Å². The normalized spacial score (nSPS) is 23.1. The fraction of sp³-hybridized carbons (Fsp3) is 0.706. The standard InChI is InChI=1S/C17H28N2O/c1-4-5-6-7-8-16-9-10-17(18-11-16)19-12-14(2)20-15(3)13-19/h9-11,14-15H,4-8,12-13H2,1-3H3/t14-,15-/m1/s1. The molecule has 2 rings (SSSR count). The molecule has 0 unspecified atom stereocenters. The predicted molar refractivity (Wildman–Crippen MR) is 84.3 cm³/mol. The van der Waals surface area contributed by atoms with E-state index in [-0.39, 0.29) is 12.2 Å². The lowest BCUT2D eigenvalue weighted by atomic mass is 10.1. The van der Waals surface area contributed by atoms with Crippen molar-refractivity contribution in [3.05, 3.63) is 23.9 Å². The van der Waals surface area contributed by atoms with Crippen LogP contribution in [-0.4, -0.2) is 30.3 Å². The summed E-state index contributed by atoms with van der Waals surface area (Å²) >= 11 is 0. The van der Waals surface area contributed by atoms with E-state index in [2.05, 4.69) is 42.8 Å². The maximum atomic E-state index is 5.77. The third kappa shape index (κ3) is 4.48. The molecule has 0 bridgehead atoms. The lowest BCUT2D eigenvalue weighted by Crippen LogP contribution is -2.45. The zero-order valence-corrected chi connectivity index (χ0v) is 13.1. The minimum Gasteiger partial charge on any atom is -0.372 e. The summed E-state index contributed by atoms with van der Waals surface area (Å²) < 4.78 is 5.77. The number of aryl methyl sites for hydroxylation is 1. The van der Waals surface area contributed by atoms with Gasteiger partial charge in [-0.15, -0.1) is 0 Å². The SMILES string of the molecule is CCCCCCc1ccc(N2C[C@@H](C)O[C@H](C)C2)nc1. The number of ether oxygens (including phenoxy) is 1. The first-order chi connectivity index (χ1) is 9.69. The summed E-state index contributed by atoms with van der Waals surface area (Å²) in [5.41, 5.74) is 1.36. The molecule has 1 aliphatic rings. The fourth-order valence-electron chi connectivity index (χ4n) is 2.87. The summed E-state index contributed by atoms with van der Waals surface area (Å²) in [5, 5.41) is 0. The van der Waals surface area contributed by atoms with Crippen LogP contribution in [0.5, 0.6) is 0 Å². The van der Waals surface area contributed by atoms with E-state index in [1.54, 1.807) is 0 Å². The van der Waals surface area contributed by atoms with E-state index in [0.29, 0.717) is 0 Å². The molecular formula is C17H28N2O. The zero-order chi connectivity index (χ0) is 14.4. The van der Waals surface area contributed by atoms with Crippen LogP contribution in [0, 0.1) is 0 Å². The van der Waals surface area contributed by atoms with E-state index in [9.17, 15) is 0 Å². The second-order valence-electron chi connectivity index (χ2n) is 6.00. The summed E-state index contributed by atoms with van der Waals surface area (Å²) in [6, 6.07) is 4.40. The van der Waals surface area contributed by atoms with Crippen LogP contribution in [0.1, 0.15) is 52.0 Å². The Balaban J connectivity index is 1.87. The molecule has 0 radical (unpaired) electrons. The Morgan fingerprint density at radius 3 is 2.50 bits per heavy atom. The fourth-order valence-corrected chi connectivity index (χ4v) is 2.87. The molecule has 1 aromatic rings. The number of pyridine rings is 1. The maximum Gasteiger partial charge on any atom is 0.128 e. The van der Waals surface area contributed by atoms with Crippen molar-refractivity contribution < 1.29 is 4.74 Å². The number of unbranched alkanes of at least 4 members (excludes halogenated alkanes) is 3. The average molecular weight is 276 g/mol. The molecule has 0 saturated carbocycles. The van der Waals surface area contributed by atoms with Crippen molar-refractivity contribution in [2.24, 2.45) is 0 Å². The molecule has 1 aliphatic heterocycles. The molecule has 20 heavy (non-hydrogen) atoms. The lowest BCUT2D eigenvalue weighted by molar-refractivity contribution is -0.00545. The van der Waals surface area contributed by atoms with Gasteiger partial charge in [-0.3, -0.25) is 0 Å². The van der Waals surface area contributed by atoms with Crippen LogP contribution in [0.25, 0.3) is 0 Å². The van der Waals surface area contributed by atoms with Crippen LogP contribution in [0.2, 0.25) is 0 Å². The lowest BCUT2D eigenvalue weighted by Gasteiger charge is -2.36. The minimum absolute atomic E-state index is 0.286. The van der Waals surface area contributed by atoms with Crippen molar-refractivity contribution in [3.63, 3.8) is 0 Å². The second kappa shape index (κ2) is 7.63. The topological polar surface area (TPSA) is 25.4 Å². The predicted octanol–water partition coefficient (Wildman–Crippen LogP) is 3.82. The first-order valence-corrected chi connectivity index (χ1v) is 8.04. The molecule has 1 saturated heterocycles. The Kier molecular flexibility index (Phi) is 5.84. The molecule has 1 fully saturated rings. The van der Waals surface area contributed by atoms with Crippen LogP contribution in [-0.2, 0) is 11.2 Å². The monoisotopic (exact) mass is 276 g/mol. The zero-order valence-electron chi connectivity index (χ0n) is 13.1. The minimum atomic E-state index is 0.286. The van der Waals surface area contributed by atoms with Gasteiger partial charge in [0.2, 0.25) is 0 Å². The van der Waals surface area contributed by atoms with Gasteiger partial charge < -0.3 is 9.64 Å². The summed E-state index contributed by atoms with van der Waals surface area (Å²) in [5.74, 6) is 1.09. The Hall–Kier alpha value is -1.09. The van der Waals surface area contributed by atoms with E-state index in [1.807, 2.05) is 6.20 Å². The van der Waals surface area contributed by atoms with Gasteiger partial charge in [-0.1, -0.05) is 32.3 Å². The van der Waals surface area contributed by atoms with Gasteiger partial charge in [0.15, 0.2) is 0 Å². The number of rotatable bonds is 6. The Morgan fingerprint density at radius 2 is 1.90 bits per heavy atom. The maximum absolute atomic E-state index is 5.77. The molecule has 3 heteroatoms. The van der Waals surface area contributed by atoms with Gasteiger partial charge in [-0.05, 0) is 38.3 Å². The molecule has 112 valence electrons. The molecule has 0 aliphatic carbocycles. The van der Waals surface area contributed by atoms with Crippen molar-refractivity contribution in [2.75, 3.05) is 18.0 Å². The summed E-state index contributed by atoms with van der Waals surface area (Å²) in [7, 11) is 0. The largest absolute Gasteiger partial charge is 0.372 e. The van der Waals surface area contributed by atoms with Crippen LogP contribution >= 0.6 is 0 Å². The molecule has 2 atom stereocenters. The number of hydrogen-bond donors (Lipinski definition) is 0. The highest BCUT2D eigenvalue weighted by Crippen LogP contribution is 2.19. The van der Waals surface area contributed by atoms with Gasteiger partial charge in [0.25, 0.3) is 0 Å². The van der Waals surface area contributed by atoms with Crippen molar-refractivity contribution in [3.8, 4) is 0 Å². The molecular weight excluding hydrogens is 248 g/mol. The van der Waals surface area contributed by atoms with Crippen molar-refractivity contribution in [1.82, 2.24) is 4.98 Å². The number of aromatic nitrogens is 1. The highest BCUT2D eigenvalue weighted by Gasteiger charge is 2.22. The van der Waals surface area contributed by atoms with Crippen molar-refractivity contribution in [2.45, 2.75) is 65.1 Å². The van der Waals surface area contributed by atoms with Crippen LogP contribution < -0.4 is 4.90 Å². The smallest absolute Gasteiger partial charge is 0.128 e. The van der Waals surface area contributed by atoms with Crippen LogP contribution in [0.4, 0.5) is 5.82 Å². The summed E-state index contributed by atoms with van der Waals surface area (Å²) in [6.07, 6.45) is 9.02. The van der Waals surface area contributed by atoms with E-state index >= 15 is 0 Å². The molecule has 2 heterocycles. The van der Waals surface area contributed by atoms with Gasteiger partial charge in [0.1, 0.15) is 5.82 Å². The van der Waals surface area contributed by atoms with E-state index in [1.165, 1.54) is 31.2 Å². The number of anilines is 1. The first-order valence-electron chi connectivity index (χ1n) is 8.04. The van der Waals surface area contributed by atoms with Crippen molar-refractivity contribution in [1.29, 1.82) is 0 Å². The highest BCUT2D eigenvalue weighted by molar-refractivity contribution is 5.40. The number of morpholine rings is 1. The highest BCUT2D eigenvalue weighted by atomic mass is 16.5. The average Bonchev–Trinajstić information content (AvgIpc) is 2.43. The Morgan fingerprint density at radius 1 is 1.15 bits per heavy atom. The molecule has 0 N–H and O–H groups in total. The number of hydrogen-bond acceptors (Lipinski definition) is 3. The first kappa shape index (κ1) is 15.3. The third-order valence-electron chi connectivity index (χ3n) is 3.87. The van der Waals surface area contributed by atoms with Crippen LogP contribution in [0.15, 0.2) is 18.3 Å². The Bertz CT molecular complexity index is 380. The van der Waals surface area contributed by atoms with E-state index in [4.69, 9.17) is 4.74 Å². The van der Waals surface area contributed by atoms with Gasteiger partial charge in [-0.2, -0.15) is 0 Å². The van der Waals surface area contributed by atoms with Crippen LogP contribution in [0.3, 0.4) is 0 Å². The van der Waals surface area contributed by atoms with E-state index < -0.39 is 0 Å². The summed E-state index contributed by atoms with van der Waals surface area (Å²) in [4.78, 5) is 6.97. The van der Waals surface area contributed by atoms with Gasteiger partial charge in [0, 0.05) is 19.3 Å². The molecule has 0 amide bonds. The third-order valence-corrected chi connectivity index (χ3v) is 3.87. The molecule has 0 aromatic carbocycles. The molecule has 0 spiro atoms. The summed E-state index contributed by atoms with van der Waals surface area (Å²) in [6.45, 7) is 8.39. The number of nitrogens with zero attached hydrogens (tertiary/aromatic N) is 2. The quantitative estimate of drug-likeness (QED) is 0.739. The van der Waals surface area contributed by atoms with Gasteiger partial charge in [-0.25, -0.2) is 4.98 Å². The van der Waals surface area contributed by atoms with E-state index in [0.717, 1.165) is 25.3 Å². The molecule has 1 aromatic heterocycles. The van der Waals surface area contributed by atoms with Gasteiger partial charge >= 0.3 is 0 Å². The van der Waals surface area contributed by atoms with Crippen molar-refractivity contribution >= 4 is 5.82 Å². The molecule has 3 nitrogen and oxygen atoms in total.